The van der Waals surface area contributed by atoms with Crippen LogP contribution in [0.5, 0.6) is 0 Å². The Hall–Kier alpha value is -2.60. The molecule has 0 aromatic rings. The van der Waals surface area contributed by atoms with Gasteiger partial charge >= 0.3 is 11.9 Å². The number of carbonyl (C=O) groups excluding carboxylic acids is 2. The molecule has 1 aliphatic heterocycles. The van der Waals surface area contributed by atoms with Gasteiger partial charge in [0.25, 0.3) is 0 Å². The highest BCUT2D eigenvalue weighted by molar-refractivity contribution is 5.70. The fraction of sp³-hybridized carbons (Fsp3) is 0.684. The molecule has 0 spiro atoms. The zero-order valence-electron chi connectivity index (χ0n) is 29.2. The van der Waals surface area contributed by atoms with Crippen LogP contribution in [0.25, 0.3) is 0 Å². The maximum atomic E-state index is 12.6. The van der Waals surface area contributed by atoms with E-state index in [1.54, 1.807) is 0 Å². The SMILES string of the molecule is CC/C=C/C=C/C=C/C=C/CCCCCC(=O)OC(COC(=O)CCCCCC/C=C/CCCC)CO[C@@H]1O[C@H](CO)[C@H](O)C(O)C1O. The van der Waals surface area contributed by atoms with Gasteiger partial charge < -0.3 is 39.4 Å². The van der Waals surface area contributed by atoms with Gasteiger partial charge in [0.2, 0.25) is 0 Å². The van der Waals surface area contributed by atoms with Crippen molar-refractivity contribution in [1.82, 2.24) is 0 Å². The second kappa shape index (κ2) is 29.3. The highest BCUT2D eigenvalue weighted by Gasteiger charge is 2.44. The lowest BCUT2D eigenvalue weighted by Crippen LogP contribution is -2.59. The van der Waals surface area contributed by atoms with Gasteiger partial charge in [0, 0.05) is 12.8 Å². The lowest BCUT2D eigenvalue weighted by Gasteiger charge is -2.39. The Labute approximate surface area is 288 Å². The third-order valence-corrected chi connectivity index (χ3v) is 7.73. The van der Waals surface area contributed by atoms with Gasteiger partial charge in [-0.3, -0.25) is 9.59 Å². The minimum Gasteiger partial charge on any atom is -0.462 e. The van der Waals surface area contributed by atoms with Crippen LogP contribution in [0.15, 0.2) is 60.8 Å². The molecule has 1 fully saturated rings. The van der Waals surface area contributed by atoms with Crippen molar-refractivity contribution in [2.75, 3.05) is 19.8 Å². The van der Waals surface area contributed by atoms with Crippen LogP contribution in [0.3, 0.4) is 0 Å². The van der Waals surface area contributed by atoms with E-state index in [2.05, 4.69) is 38.2 Å². The summed E-state index contributed by atoms with van der Waals surface area (Å²) in [7, 11) is 0. The number of esters is 2. The van der Waals surface area contributed by atoms with Crippen LogP contribution >= 0.6 is 0 Å². The minimum absolute atomic E-state index is 0.179. The molecule has 0 aliphatic carbocycles. The van der Waals surface area contributed by atoms with Crippen molar-refractivity contribution in [3.05, 3.63) is 60.8 Å². The fourth-order valence-corrected chi connectivity index (χ4v) is 4.82. The van der Waals surface area contributed by atoms with Crippen LogP contribution in [0.1, 0.15) is 110 Å². The summed E-state index contributed by atoms with van der Waals surface area (Å²) in [4.78, 5) is 25.0. The highest BCUT2D eigenvalue weighted by atomic mass is 16.7. The Morgan fingerprint density at radius 2 is 1.25 bits per heavy atom. The fourth-order valence-electron chi connectivity index (χ4n) is 4.82. The van der Waals surface area contributed by atoms with Crippen LogP contribution in [-0.4, -0.2) is 89.0 Å². The molecule has 0 saturated carbocycles. The Kier molecular flexibility index (Phi) is 26.5. The molecule has 3 unspecified atom stereocenters. The summed E-state index contributed by atoms with van der Waals surface area (Å²) in [6.45, 7) is 3.13. The van der Waals surface area contributed by atoms with Crippen molar-refractivity contribution >= 4 is 11.9 Å². The maximum Gasteiger partial charge on any atom is 0.306 e. The largest absolute Gasteiger partial charge is 0.462 e. The first-order valence-electron chi connectivity index (χ1n) is 17.9. The molecule has 0 aromatic heterocycles. The Morgan fingerprint density at radius 1 is 0.667 bits per heavy atom. The normalized spacial score (nSPS) is 22.5. The van der Waals surface area contributed by atoms with Crippen LogP contribution in [-0.2, 0) is 28.5 Å². The molecule has 48 heavy (non-hydrogen) atoms. The van der Waals surface area contributed by atoms with E-state index in [-0.39, 0.29) is 26.1 Å². The second-order valence-corrected chi connectivity index (χ2v) is 12.0. The van der Waals surface area contributed by atoms with Crippen LogP contribution in [0.2, 0.25) is 0 Å². The van der Waals surface area contributed by atoms with Crippen molar-refractivity contribution in [3.8, 4) is 0 Å². The predicted octanol–water partition coefficient (Wildman–Crippen LogP) is 5.93. The number of allylic oxidation sites excluding steroid dienone is 10. The summed E-state index contributed by atoms with van der Waals surface area (Å²) in [6.07, 6.45) is 25.3. The Bertz CT molecular complexity index is 971. The van der Waals surface area contributed by atoms with Gasteiger partial charge in [0.05, 0.1) is 13.2 Å². The average molecular weight is 679 g/mol. The monoisotopic (exact) mass is 678 g/mol. The third kappa shape index (κ3) is 21.4. The first kappa shape index (κ1) is 43.4. The lowest BCUT2D eigenvalue weighted by atomic mass is 9.99. The van der Waals surface area contributed by atoms with E-state index in [1.807, 2.05) is 36.5 Å². The molecule has 6 atom stereocenters. The summed E-state index contributed by atoms with van der Waals surface area (Å²) in [5, 5.41) is 39.8. The Morgan fingerprint density at radius 3 is 1.92 bits per heavy atom. The van der Waals surface area contributed by atoms with Gasteiger partial charge in [0.1, 0.15) is 31.0 Å². The van der Waals surface area contributed by atoms with Crippen molar-refractivity contribution in [2.45, 2.75) is 147 Å². The minimum atomic E-state index is -1.60. The van der Waals surface area contributed by atoms with Crippen molar-refractivity contribution in [1.29, 1.82) is 0 Å². The van der Waals surface area contributed by atoms with Crippen molar-refractivity contribution in [2.24, 2.45) is 0 Å². The number of ether oxygens (including phenoxy) is 4. The number of aliphatic hydroxyl groups is 4. The lowest BCUT2D eigenvalue weighted by molar-refractivity contribution is -0.305. The number of unbranched alkanes of at least 4 members (excludes halogenated alkanes) is 9. The van der Waals surface area contributed by atoms with E-state index in [0.29, 0.717) is 12.8 Å². The standard InChI is InChI=1S/C38H62O10/c1-3-5-7-9-11-13-15-16-17-19-21-23-25-27-34(41)47-31(30-46-38-37(44)36(43)35(42)32(28-39)48-38)29-45-33(40)26-24-22-20-18-14-12-10-8-6-4-2/h5,7,9-13,15-17,31-32,35-39,42-44H,3-4,6,8,14,18-30H2,1-2H3/b7-5+,11-9+,12-10+,15-13+,17-16+/t31?,32-,35+,36?,37?,38-/m1/s1. The molecular formula is C38H62O10. The maximum absolute atomic E-state index is 12.6. The summed E-state index contributed by atoms with van der Waals surface area (Å²) in [6, 6.07) is 0. The number of rotatable bonds is 27. The smallest absolute Gasteiger partial charge is 0.306 e. The number of hydrogen-bond donors (Lipinski definition) is 4. The first-order chi connectivity index (χ1) is 23.3. The molecule has 10 heteroatoms. The van der Waals surface area contributed by atoms with Gasteiger partial charge in [-0.2, -0.15) is 0 Å². The quantitative estimate of drug-likeness (QED) is 0.0356. The molecule has 1 heterocycles. The van der Waals surface area contributed by atoms with Crippen molar-refractivity contribution in [3.63, 3.8) is 0 Å². The summed E-state index contributed by atoms with van der Waals surface area (Å²) in [5.74, 6) is -0.879. The Balaban J connectivity index is 2.49. The number of hydrogen-bond acceptors (Lipinski definition) is 10. The molecule has 1 aliphatic rings. The predicted molar refractivity (Wildman–Crippen MR) is 187 cm³/mol. The van der Waals surface area contributed by atoms with Gasteiger partial charge in [-0.15, -0.1) is 0 Å². The molecule has 0 bridgehead atoms. The summed E-state index contributed by atoms with van der Waals surface area (Å²) >= 11 is 0. The van der Waals surface area contributed by atoms with Crippen molar-refractivity contribution < 1.29 is 49.0 Å². The molecule has 1 saturated heterocycles. The zero-order valence-corrected chi connectivity index (χ0v) is 29.2. The topological polar surface area (TPSA) is 152 Å². The molecule has 0 aromatic carbocycles. The van der Waals surface area contributed by atoms with Gasteiger partial charge in [-0.05, 0) is 51.4 Å². The number of carbonyl (C=O) groups is 2. The van der Waals surface area contributed by atoms with Crippen LogP contribution in [0.4, 0.5) is 0 Å². The van der Waals surface area contributed by atoms with Gasteiger partial charge in [-0.25, -0.2) is 0 Å². The third-order valence-electron chi connectivity index (χ3n) is 7.73. The first-order valence-corrected chi connectivity index (χ1v) is 17.9. The van der Waals surface area contributed by atoms with E-state index >= 15 is 0 Å². The average Bonchev–Trinajstić information content (AvgIpc) is 3.08. The molecule has 4 N–H and O–H groups in total. The van der Waals surface area contributed by atoms with Gasteiger partial charge in [0.15, 0.2) is 12.4 Å². The van der Waals surface area contributed by atoms with E-state index < -0.39 is 55.4 Å². The summed E-state index contributed by atoms with van der Waals surface area (Å²) in [5.41, 5.74) is 0. The zero-order chi connectivity index (χ0) is 35.2. The van der Waals surface area contributed by atoms with E-state index in [4.69, 9.17) is 18.9 Å². The number of aliphatic hydroxyl groups excluding tert-OH is 4. The van der Waals surface area contributed by atoms with E-state index in [1.165, 1.54) is 12.8 Å². The van der Waals surface area contributed by atoms with Gasteiger partial charge in [-0.1, -0.05) is 107 Å². The highest BCUT2D eigenvalue weighted by Crippen LogP contribution is 2.22. The molecular weight excluding hydrogens is 616 g/mol. The molecule has 10 nitrogen and oxygen atoms in total. The molecule has 274 valence electrons. The van der Waals surface area contributed by atoms with Crippen LogP contribution < -0.4 is 0 Å². The molecule has 1 rings (SSSR count). The van der Waals surface area contributed by atoms with E-state index in [0.717, 1.165) is 57.8 Å². The molecule has 0 radical (unpaired) electrons. The molecule has 0 amide bonds. The second-order valence-electron chi connectivity index (χ2n) is 12.0. The van der Waals surface area contributed by atoms with E-state index in [9.17, 15) is 30.0 Å². The summed E-state index contributed by atoms with van der Waals surface area (Å²) < 4.78 is 21.9. The van der Waals surface area contributed by atoms with Crippen LogP contribution in [0, 0.1) is 0 Å².